The Balaban J connectivity index is 1.72. The summed E-state index contributed by atoms with van der Waals surface area (Å²) in [6.07, 6.45) is 2.22. The minimum Gasteiger partial charge on any atom is -0.378 e. The van der Waals surface area contributed by atoms with Crippen molar-refractivity contribution in [2.75, 3.05) is 32.1 Å². The van der Waals surface area contributed by atoms with Crippen LogP contribution in [0.3, 0.4) is 0 Å². The van der Waals surface area contributed by atoms with Crippen LogP contribution in [0.15, 0.2) is 34.2 Å². The van der Waals surface area contributed by atoms with Crippen LogP contribution in [0.25, 0.3) is 6.08 Å². The lowest BCUT2D eigenvalue weighted by molar-refractivity contribution is -0.113. The van der Waals surface area contributed by atoms with E-state index in [1.165, 1.54) is 11.8 Å². The third-order valence-electron chi connectivity index (χ3n) is 4.01. The number of hydrogen-bond acceptors (Lipinski definition) is 5. The van der Waals surface area contributed by atoms with Crippen LogP contribution < -0.4 is 4.90 Å². The van der Waals surface area contributed by atoms with Crippen LogP contribution in [0.1, 0.15) is 19.4 Å². The van der Waals surface area contributed by atoms with E-state index in [9.17, 15) is 4.79 Å². The van der Waals surface area contributed by atoms with E-state index in [1.807, 2.05) is 63.2 Å². The monoisotopic (exact) mass is 345 g/mol. The number of amidine groups is 1. The third kappa shape index (κ3) is 3.82. The van der Waals surface area contributed by atoms with Gasteiger partial charge in [-0.3, -0.25) is 4.79 Å². The summed E-state index contributed by atoms with van der Waals surface area (Å²) in [5.41, 5.74) is 2.15. The van der Waals surface area contributed by atoms with Gasteiger partial charge in [-0.15, -0.1) is 0 Å². The fourth-order valence-electron chi connectivity index (χ4n) is 2.89. The molecule has 0 unspecified atom stereocenters. The maximum Gasteiger partial charge on any atom is 0.286 e. The smallest absolute Gasteiger partial charge is 0.286 e. The molecule has 1 saturated heterocycles. The zero-order valence-corrected chi connectivity index (χ0v) is 15.3. The molecule has 2 heterocycles. The Kier molecular flexibility index (Phi) is 4.96. The molecule has 3 rings (SSSR count). The third-order valence-corrected chi connectivity index (χ3v) is 5.05. The molecule has 0 saturated carbocycles. The van der Waals surface area contributed by atoms with Crippen molar-refractivity contribution in [2.45, 2.75) is 26.1 Å². The highest BCUT2D eigenvalue weighted by molar-refractivity contribution is 8.18. The number of carbonyl (C=O) groups excluding carboxylic acids is 1. The van der Waals surface area contributed by atoms with Crippen molar-refractivity contribution in [3.63, 3.8) is 0 Å². The van der Waals surface area contributed by atoms with E-state index in [-0.39, 0.29) is 18.1 Å². The Morgan fingerprint density at radius 1 is 1.21 bits per heavy atom. The SMILES string of the molecule is C[C@@H]1CN(C2=NC(=O)/C(=C/c3ccc(N(C)C)cc3)S2)C[C@@H](C)O1. The number of rotatable bonds is 2. The van der Waals surface area contributed by atoms with Gasteiger partial charge in [0, 0.05) is 32.9 Å². The zero-order valence-electron chi connectivity index (χ0n) is 14.5. The Morgan fingerprint density at radius 3 is 2.42 bits per heavy atom. The summed E-state index contributed by atoms with van der Waals surface area (Å²) in [6.45, 7) is 5.64. The molecule has 1 aromatic carbocycles. The Hall–Kier alpha value is -1.79. The number of anilines is 1. The minimum atomic E-state index is -0.154. The van der Waals surface area contributed by atoms with Crippen molar-refractivity contribution in [3.8, 4) is 0 Å². The lowest BCUT2D eigenvalue weighted by atomic mass is 10.2. The molecule has 6 heteroatoms. The van der Waals surface area contributed by atoms with E-state index in [2.05, 4.69) is 9.89 Å². The van der Waals surface area contributed by atoms with Gasteiger partial charge in [0.2, 0.25) is 0 Å². The number of aliphatic imine (C=N–C) groups is 1. The van der Waals surface area contributed by atoms with Crippen molar-refractivity contribution in [2.24, 2.45) is 4.99 Å². The van der Waals surface area contributed by atoms with Crippen LogP contribution >= 0.6 is 11.8 Å². The van der Waals surface area contributed by atoms with Crippen molar-refractivity contribution < 1.29 is 9.53 Å². The van der Waals surface area contributed by atoms with Gasteiger partial charge in [0.05, 0.1) is 17.1 Å². The van der Waals surface area contributed by atoms with Crippen molar-refractivity contribution in [3.05, 3.63) is 34.7 Å². The second kappa shape index (κ2) is 6.99. The molecule has 0 aliphatic carbocycles. The molecule has 2 aliphatic heterocycles. The molecule has 1 aromatic rings. The van der Waals surface area contributed by atoms with Crippen molar-refractivity contribution in [1.82, 2.24) is 4.90 Å². The number of morpholine rings is 1. The highest BCUT2D eigenvalue weighted by Crippen LogP contribution is 2.31. The Bertz CT molecular complexity index is 672. The first-order valence-corrected chi connectivity index (χ1v) is 8.94. The molecule has 24 heavy (non-hydrogen) atoms. The molecular weight excluding hydrogens is 322 g/mol. The lowest BCUT2D eigenvalue weighted by Crippen LogP contribution is -2.47. The van der Waals surface area contributed by atoms with Crippen LogP contribution in [0.4, 0.5) is 5.69 Å². The molecule has 0 bridgehead atoms. The quantitative estimate of drug-likeness (QED) is 0.771. The molecule has 2 aliphatic rings. The van der Waals surface area contributed by atoms with Crippen molar-refractivity contribution >= 4 is 34.6 Å². The molecule has 128 valence electrons. The van der Waals surface area contributed by atoms with E-state index < -0.39 is 0 Å². The fourth-order valence-corrected chi connectivity index (χ4v) is 3.82. The number of hydrogen-bond donors (Lipinski definition) is 0. The highest BCUT2D eigenvalue weighted by atomic mass is 32.2. The van der Waals surface area contributed by atoms with Gasteiger partial charge < -0.3 is 14.5 Å². The van der Waals surface area contributed by atoms with Crippen molar-refractivity contribution in [1.29, 1.82) is 0 Å². The molecule has 0 aromatic heterocycles. The second-order valence-corrected chi connectivity index (χ2v) is 7.47. The van der Waals surface area contributed by atoms with E-state index in [0.29, 0.717) is 4.91 Å². The van der Waals surface area contributed by atoms with Gasteiger partial charge in [-0.25, -0.2) is 0 Å². The average molecular weight is 345 g/mol. The van der Waals surface area contributed by atoms with Gasteiger partial charge in [0.1, 0.15) is 0 Å². The van der Waals surface area contributed by atoms with E-state index in [1.54, 1.807) is 0 Å². The predicted molar refractivity (Wildman–Crippen MR) is 100 cm³/mol. The molecule has 2 atom stereocenters. The summed E-state index contributed by atoms with van der Waals surface area (Å²) in [4.78, 5) is 21.3. The summed E-state index contributed by atoms with van der Waals surface area (Å²) in [5, 5.41) is 0.790. The minimum absolute atomic E-state index is 0.152. The number of ether oxygens (including phenoxy) is 1. The highest BCUT2D eigenvalue weighted by Gasteiger charge is 2.30. The second-order valence-electron chi connectivity index (χ2n) is 6.46. The number of nitrogens with zero attached hydrogens (tertiary/aromatic N) is 3. The molecule has 0 radical (unpaired) electrons. The fraction of sp³-hybridized carbons (Fsp3) is 0.444. The van der Waals surface area contributed by atoms with Crippen LogP contribution in [0, 0.1) is 0 Å². The summed E-state index contributed by atoms with van der Waals surface area (Å²) in [7, 11) is 4.02. The van der Waals surface area contributed by atoms with Gasteiger partial charge in [0.15, 0.2) is 5.17 Å². The van der Waals surface area contributed by atoms with Crippen LogP contribution in [-0.2, 0) is 9.53 Å². The van der Waals surface area contributed by atoms with E-state index in [0.717, 1.165) is 29.5 Å². The number of thioether (sulfide) groups is 1. The van der Waals surface area contributed by atoms with E-state index >= 15 is 0 Å². The molecule has 1 fully saturated rings. The predicted octanol–water partition coefficient (Wildman–Crippen LogP) is 2.83. The Labute approximate surface area is 147 Å². The van der Waals surface area contributed by atoms with Gasteiger partial charge >= 0.3 is 0 Å². The molecular formula is C18H23N3O2S. The number of amides is 1. The Morgan fingerprint density at radius 2 is 1.83 bits per heavy atom. The lowest BCUT2D eigenvalue weighted by Gasteiger charge is -2.35. The van der Waals surface area contributed by atoms with Gasteiger partial charge in [0.25, 0.3) is 5.91 Å². The maximum atomic E-state index is 12.2. The first kappa shape index (κ1) is 17.0. The average Bonchev–Trinajstić information content (AvgIpc) is 2.88. The number of benzene rings is 1. The summed E-state index contributed by atoms with van der Waals surface area (Å²) in [5.74, 6) is -0.154. The summed E-state index contributed by atoms with van der Waals surface area (Å²) < 4.78 is 5.75. The van der Waals surface area contributed by atoms with Gasteiger partial charge in [-0.1, -0.05) is 12.1 Å². The summed E-state index contributed by atoms with van der Waals surface area (Å²) in [6, 6.07) is 8.13. The maximum absolute atomic E-state index is 12.2. The first-order valence-electron chi connectivity index (χ1n) is 8.13. The topological polar surface area (TPSA) is 45.1 Å². The molecule has 0 N–H and O–H groups in total. The van der Waals surface area contributed by atoms with Crippen LogP contribution in [0.5, 0.6) is 0 Å². The van der Waals surface area contributed by atoms with Gasteiger partial charge in [-0.05, 0) is 49.4 Å². The first-order chi connectivity index (χ1) is 11.4. The van der Waals surface area contributed by atoms with E-state index in [4.69, 9.17) is 4.74 Å². The zero-order chi connectivity index (χ0) is 17.3. The molecule has 5 nitrogen and oxygen atoms in total. The molecule has 0 spiro atoms. The molecule has 1 amide bonds. The standard InChI is InChI=1S/C18H23N3O2S/c1-12-10-21(11-13(2)23-12)18-19-17(22)16(24-18)9-14-5-7-15(8-6-14)20(3)4/h5-9,12-13H,10-11H2,1-4H3/b16-9-/t12-,13-/m1/s1. The number of carbonyl (C=O) groups is 1. The van der Waals surface area contributed by atoms with Gasteiger partial charge in [-0.2, -0.15) is 4.99 Å². The normalized spacial score (nSPS) is 26.0. The van der Waals surface area contributed by atoms with Crippen LogP contribution in [-0.4, -0.2) is 55.4 Å². The van der Waals surface area contributed by atoms with Crippen LogP contribution in [0.2, 0.25) is 0 Å². The summed E-state index contributed by atoms with van der Waals surface area (Å²) >= 11 is 1.46. The largest absolute Gasteiger partial charge is 0.378 e.